The van der Waals surface area contributed by atoms with Gasteiger partial charge in [-0.3, -0.25) is 19.1 Å². The minimum Gasteiger partial charge on any atom is -0.349 e. The molecule has 5 aromatic rings. The molecule has 0 bridgehead atoms. The summed E-state index contributed by atoms with van der Waals surface area (Å²) in [5.41, 5.74) is 2.87. The van der Waals surface area contributed by atoms with Crippen molar-refractivity contribution in [3.63, 3.8) is 0 Å². The number of nitrogens with zero attached hydrogens (tertiary/aromatic N) is 3. The number of rotatable bonds is 4. The Kier molecular flexibility index (Phi) is 5.65. The molecular formula is C29H26N4O2. The number of benzene rings is 3. The smallest absolute Gasteiger partial charge is 0.278 e. The SMILES string of the molecule is CC(C)(C)NC(=O)C(c1ccnc2ccccc12)n1c(=O)c(-c2ccccc2)nc2ccccc21. The number of hydrogen-bond donors (Lipinski definition) is 1. The number of pyridine rings is 1. The second-order valence-electron chi connectivity index (χ2n) is 9.55. The highest BCUT2D eigenvalue weighted by Gasteiger charge is 2.31. The predicted octanol–water partition coefficient (Wildman–Crippen LogP) is 5.12. The Morgan fingerprint density at radius 2 is 1.51 bits per heavy atom. The maximum absolute atomic E-state index is 14.1. The summed E-state index contributed by atoms with van der Waals surface area (Å²) in [5.74, 6) is -0.272. The number of carbonyl (C=O) groups is 1. The Balaban J connectivity index is 1.87. The molecule has 174 valence electrons. The fourth-order valence-corrected chi connectivity index (χ4v) is 4.39. The zero-order chi connectivity index (χ0) is 24.6. The molecule has 2 heterocycles. The maximum atomic E-state index is 14.1. The minimum atomic E-state index is -0.926. The lowest BCUT2D eigenvalue weighted by atomic mass is 9.98. The van der Waals surface area contributed by atoms with E-state index in [0.29, 0.717) is 27.9 Å². The number of para-hydroxylation sites is 3. The van der Waals surface area contributed by atoms with Crippen molar-refractivity contribution in [3.8, 4) is 11.3 Å². The van der Waals surface area contributed by atoms with Crippen molar-refractivity contribution < 1.29 is 4.79 Å². The number of aromatic nitrogens is 3. The van der Waals surface area contributed by atoms with E-state index in [2.05, 4.69) is 10.3 Å². The number of hydrogen-bond acceptors (Lipinski definition) is 4. The van der Waals surface area contributed by atoms with Gasteiger partial charge in [-0.15, -0.1) is 0 Å². The van der Waals surface area contributed by atoms with E-state index in [1.165, 1.54) is 0 Å². The van der Waals surface area contributed by atoms with E-state index in [4.69, 9.17) is 4.98 Å². The monoisotopic (exact) mass is 462 g/mol. The molecule has 0 saturated carbocycles. The first kappa shape index (κ1) is 22.5. The molecule has 1 unspecified atom stereocenters. The third-order valence-electron chi connectivity index (χ3n) is 5.82. The highest BCUT2D eigenvalue weighted by atomic mass is 16.2. The molecule has 5 rings (SSSR count). The van der Waals surface area contributed by atoms with Crippen LogP contribution in [-0.2, 0) is 4.79 Å². The molecule has 0 fully saturated rings. The topological polar surface area (TPSA) is 76.9 Å². The number of carbonyl (C=O) groups excluding carboxylic acids is 1. The zero-order valence-electron chi connectivity index (χ0n) is 19.9. The van der Waals surface area contributed by atoms with Gasteiger partial charge in [0, 0.05) is 22.7 Å². The van der Waals surface area contributed by atoms with Crippen LogP contribution in [-0.4, -0.2) is 26.0 Å². The molecule has 0 radical (unpaired) electrons. The summed E-state index contributed by atoms with van der Waals surface area (Å²) in [5, 5.41) is 3.91. The lowest BCUT2D eigenvalue weighted by Crippen LogP contribution is -2.46. The fourth-order valence-electron chi connectivity index (χ4n) is 4.39. The van der Waals surface area contributed by atoms with Crippen LogP contribution in [0, 0.1) is 0 Å². The van der Waals surface area contributed by atoms with Gasteiger partial charge in [0.05, 0.1) is 16.6 Å². The van der Waals surface area contributed by atoms with E-state index in [0.717, 1.165) is 10.9 Å². The summed E-state index contributed by atoms with van der Waals surface area (Å²) >= 11 is 0. The molecule has 0 aliphatic heterocycles. The van der Waals surface area contributed by atoms with Gasteiger partial charge in [0.15, 0.2) is 0 Å². The van der Waals surface area contributed by atoms with Gasteiger partial charge >= 0.3 is 0 Å². The number of amides is 1. The molecule has 3 aromatic carbocycles. The zero-order valence-corrected chi connectivity index (χ0v) is 19.9. The molecular weight excluding hydrogens is 436 g/mol. The van der Waals surface area contributed by atoms with Gasteiger partial charge in [0.1, 0.15) is 11.7 Å². The Hall–Kier alpha value is -4.32. The van der Waals surface area contributed by atoms with Gasteiger partial charge in [-0.05, 0) is 50.6 Å². The highest BCUT2D eigenvalue weighted by molar-refractivity contribution is 5.93. The average molecular weight is 463 g/mol. The third kappa shape index (κ3) is 4.30. The van der Waals surface area contributed by atoms with Gasteiger partial charge in [0.25, 0.3) is 5.56 Å². The summed E-state index contributed by atoms with van der Waals surface area (Å²) in [6.07, 6.45) is 1.68. The van der Waals surface area contributed by atoms with E-state index in [-0.39, 0.29) is 11.5 Å². The predicted molar refractivity (Wildman–Crippen MR) is 139 cm³/mol. The van der Waals surface area contributed by atoms with Gasteiger partial charge in [0.2, 0.25) is 5.91 Å². The Morgan fingerprint density at radius 3 is 2.26 bits per heavy atom. The molecule has 35 heavy (non-hydrogen) atoms. The van der Waals surface area contributed by atoms with E-state index >= 15 is 0 Å². The van der Waals surface area contributed by atoms with Gasteiger partial charge < -0.3 is 5.32 Å². The average Bonchev–Trinajstić information content (AvgIpc) is 2.85. The van der Waals surface area contributed by atoms with Crippen LogP contribution in [0.3, 0.4) is 0 Å². The molecule has 1 N–H and O–H groups in total. The Morgan fingerprint density at radius 1 is 0.857 bits per heavy atom. The lowest BCUT2D eigenvalue weighted by molar-refractivity contribution is -0.124. The molecule has 0 aliphatic carbocycles. The number of fused-ring (bicyclic) bond motifs is 2. The summed E-state index contributed by atoms with van der Waals surface area (Å²) in [7, 11) is 0. The standard InChI is InChI=1S/C29H26N4O2/c1-29(2,3)32-27(34)26(21-17-18-30-22-14-8-7-13-20(21)22)33-24-16-10-9-15-23(24)31-25(28(33)35)19-11-5-4-6-12-19/h4-18,26H,1-3H3,(H,32,34). The quantitative estimate of drug-likeness (QED) is 0.402. The lowest BCUT2D eigenvalue weighted by Gasteiger charge is -2.28. The normalized spacial score (nSPS) is 12.5. The Labute approximate surface area is 203 Å². The molecule has 2 aromatic heterocycles. The van der Waals surface area contributed by atoms with Crippen molar-refractivity contribution >= 4 is 27.8 Å². The molecule has 1 amide bonds. The minimum absolute atomic E-state index is 0.272. The second-order valence-corrected chi connectivity index (χ2v) is 9.55. The largest absolute Gasteiger partial charge is 0.349 e. The molecule has 6 heteroatoms. The first-order valence-corrected chi connectivity index (χ1v) is 11.6. The van der Waals surface area contributed by atoms with E-state index < -0.39 is 11.6 Å². The van der Waals surface area contributed by atoms with Crippen LogP contribution in [0.25, 0.3) is 33.2 Å². The second kappa shape index (κ2) is 8.80. The molecule has 0 saturated heterocycles. The van der Waals surface area contributed by atoms with Crippen LogP contribution in [0.5, 0.6) is 0 Å². The van der Waals surface area contributed by atoms with E-state index in [9.17, 15) is 9.59 Å². The van der Waals surface area contributed by atoms with Crippen molar-refractivity contribution in [3.05, 3.63) is 107 Å². The van der Waals surface area contributed by atoms with Crippen molar-refractivity contribution in [2.45, 2.75) is 32.4 Å². The van der Waals surface area contributed by atoms with Gasteiger partial charge in [-0.1, -0.05) is 60.7 Å². The highest BCUT2D eigenvalue weighted by Crippen LogP contribution is 2.29. The van der Waals surface area contributed by atoms with Crippen molar-refractivity contribution in [1.29, 1.82) is 0 Å². The summed E-state index contributed by atoms with van der Waals surface area (Å²) in [6.45, 7) is 5.78. The van der Waals surface area contributed by atoms with Gasteiger partial charge in [-0.25, -0.2) is 4.98 Å². The number of nitrogens with one attached hydrogen (secondary N) is 1. The first-order chi connectivity index (χ1) is 16.8. The van der Waals surface area contributed by atoms with Crippen LogP contribution in [0.15, 0.2) is 95.9 Å². The van der Waals surface area contributed by atoms with Crippen LogP contribution >= 0.6 is 0 Å². The van der Waals surface area contributed by atoms with Crippen molar-refractivity contribution in [2.24, 2.45) is 0 Å². The van der Waals surface area contributed by atoms with Gasteiger partial charge in [-0.2, -0.15) is 0 Å². The summed E-state index contributed by atoms with van der Waals surface area (Å²) in [6, 6.07) is 25.3. The fraction of sp³-hybridized carbons (Fsp3) is 0.172. The Bertz CT molecular complexity index is 1600. The first-order valence-electron chi connectivity index (χ1n) is 11.6. The molecule has 0 spiro atoms. The van der Waals surface area contributed by atoms with Crippen molar-refractivity contribution in [1.82, 2.24) is 19.9 Å². The van der Waals surface area contributed by atoms with Crippen LogP contribution in [0.4, 0.5) is 0 Å². The summed E-state index contributed by atoms with van der Waals surface area (Å²) < 4.78 is 1.58. The summed E-state index contributed by atoms with van der Waals surface area (Å²) in [4.78, 5) is 37.2. The van der Waals surface area contributed by atoms with E-state index in [1.807, 2.05) is 106 Å². The molecule has 0 aliphatic rings. The maximum Gasteiger partial charge on any atom is 0.278 e. The van der Waals surface area contributed by atoms with Crippen LogP contribution in [0.2, 0.25) is 0 Å². The van der Waals surface area contributed by atoms with Crippen molar-refractivity contribution in [2.75, 3.05) is 0 Å². The van der Waals surface area contributed by atoms with Crippen LogP contribution < -0.4 is 10.9 Å². The third-order valence-corrected chi connectivity index (χ3v) is 5.82. The van der Waals surface area contributed by atoms with E-state index in [1.54, 1.807) is 10.8 Å². The van der Waals surface area contributed by atoms with Crippen LogP contribution in [0.1, 0.15) is 32.4 Å². The molecule has 1 atom stereocenters. The molecule has 6 nitrogen and oxygen atoms in total.